The third-order valence-corrected chi connectivity index (χ3v) is 3.14. The SMILES string of the molecule is CCOCCn1cnc2ccc(I)cc2c1=O. The van der Waals surface area contributed by atoms with E-state index < -0.39 is 0 Å². The van der Waals surface area contributed by atoms with Gasteiger partial charge in [0.05, 0.1) is 30.4 Å². The molecule has 0 bridgehead atoms. The lowest BCUT2D eigenvalue weighted by molar-refractivity contribution is 0.138. The van der Waals surface area contributed by atoms with Gasteiger partial charge in [-0.1, -0.05) is 0 Å². The number of nitrogens with zero attached hydrogens (tertiary/aromatic N) is 2. The van der Waals surface area contributed by atoms with Gasteiger partial charge in [-0.25, -0.2) is 4.98 Å². The summed E-state index contributed by atoms with van der Waals surface area (Å²) in [6, 6.07) is 5.67. The second kappa shape index (κ2) is 5.59. The first-order valence-electron chi connectivity index (χ1n) is 5.45. The van der Waals surface area contributed by atoms with Crippen molar-refractivity contribution >= 4 is 33.5 Å². The molecule has 17 heavy (non-hydrogen) atoms. The van der Waals surface area contributed by atoms with E-state index in [2.05, 4.69) is 27.6 Å². The van der Waals surface area contributed by atoms with E-state index in [0.29, 0.717) is 25.1 Å². The summed E-state index contributed by atoms with van der Waals surface area (Å²) in [5, 5.41) is 0.663. The Kier molecular flexibility index (Phi) is 4.11. The Morgan fingerprint density at radius 2 is 2.29 bits per heavy atom. The highest BCUT2D eigenvalue weighted by molar-refractivity contribution is 14.1. The standard InChI is InChI=1S/C12H13IN2O2/c1-2-17-6-5-15-8-14-11-4-3-9(13)7-10(11)12(15)16/h3-4,7-8H,2,5-6H2,1H3. The maximum absolute atomic E-state index is 12.1. The Hall–Kier alpha value is -0.950. The topological polar surface area (TPSA) is 44.1 Å². The zero-order valence-corrected chi connectivity index (χ0v) is 11.7. The van der Waals surface area contributed by atoms with Crippen molar-refractivity contribution in [2.45, 2.75) is 13.5 Å². The summed E-state index contributed by atoms with van der Waals surface area (Å²) < 4.78 is 7.87. The molecule has 1 aromatic heterocycles. The van der Waals surface area contributed by atoms with Crippen LogP contribution < -0.4 is 5.56 Å². The van der Waals surface area contributed by atoms with E-state index in [1.165, 1.54) is 0 Å². The molecule has 90 valence electrons. The van der Waals surface area contributed by atoms with E-state index in [1.807, 2.05) is 25.1 Å². The zero-order valence-electron chi connectivity index (χ0n) is 9.52. The van der Waals surface area contributed by atoms with Gasteiger partial charge in [-0.05, 0) is 47.7 Å². The van der Waals surface area contributed by atoms with Crippen molar-refractivity contribution in [3.63, 3.8) is 0 Å². The van der Waals surface area contributed by atoms with E-state index in [4.69, 9.17) is 4.74 Å². The van der Waals surface area contributed by atoms with Gasteiger partial charge in [-0.15, -0.1) is 0 Å². The molecule has 0 N–H and O–H groups in total. The van der Waals surface area contributed by atoms with Gasteiger partial charge in [0.15, 0.2) is 0 Å². The first-order chi connectivity index (χ1) is 8.22. The second-order valence-corrected chi connectivity index (χ2v) is 4.85. The van der Waals surface area contributed by atoms with Crippen LogP contribution >= 0.6 is 22.6 Å². The summed E-state index contributed by atoms with van der Waals surface area (Å²) in [6.07, 6.45) is 1.58. The third kappa shape index (κ3) is 2.84. The molecule has 0 fully saturated rings. The molecule has 0 atom stereocenters. The number of hydrogen-bond acceptors (Lipinski definition) is 3. The maximum Gasteiger partial charge on any atom is 0.261 e. The summed E-state index contributed by atoms with van der Waals surface area (Å²) in [5.41, 5.74) is 0.733. The molecule has 0 aliphatic heterocycles. The van der Waals surface area contributed by atoms with Crippen molar-refractivity contribution < 1.29 is 4.74 Å². The summed E-state index contributed by atoms with van der Waals surface area (Å²) in [7, 11) is 0. The van der Waals surface area contributed by atoms with Gasteiger partial charge in [0.25, 0.3) is 5.56 Å². The Morgan fingerprint density at radius 1 is 1.47 bits per heavy atom. The van der Waals surface area contributed by atoms with Crippen molar-refractivity contribution in [2.24, 2.45) is 0 Å². The quantitative estimate of drug-likeness (QED) is 0.630. The first-order valence-corrected chi connectivity index (χ1v) is 6.52. The van der Waals surface area contributed by atoms with Crippen molar-refractivity contribution in [3.8, 4) is 0 Å². The molecule has 1 aromatic carbocycles. The van der Waals surface area contributed by atoms with Gasteiger partial charge in [-0.3, -0.25) is 9.36 Å². The Balaban J connectivity index is 2.39. The normalized spacial score (nSPS) is 10.9. The lowest BCUT2D eigenvalue weighted by Crippen LogP contribution is -2.22. The van der Waals surface area contributed by atoms with E-state index in [-0.39, 0.29) is 5.56 Å². The summed E-state index contributed by atoms with van der Waals surface area (Å²) >= 11 is 2.19. The fourth-order valence-corrected chi connectivity index (χ4v) is 2.09. The van der Waals surface area contributed by atoms with Crippen LogP contribution in [0.5, 0.6) is 0 Å². The van der Waals surface area contributed by atoms with Crippen LogP contribution in [0.1, 0.15) is 6.92 Å². The Bertz CT molecular complexity index is 580. The van der Waals surface area contributed by atoms with Gasteiger partial charge in [0, 0.05) is 10.2 Å². The van der Waals surface area contributed by atoms with Crippen LogP contribution in [-0.2, 0) is 11.3 Å². The highest BCUT2D eigenvalue weighted by Gasteiger charge is 2.04. The predicted molar refractivity (Wildman–Crippen MR) is 75.2 cm³/mol. The summed E-state index contributed by atoms with van der Waals surface area (Å²) in [5.74, 6) is 0. The number of benzene rings is 1. The van der Waals surface area contributed by atoms with Crippen LogP contribution in [0.4, 0.5) is 0 Å². The summed E-state index contributed by atoms with van der Waals surface area (Å²) in [4.78, 5) is 16.4. The number of rotatable bonds is 4. The number of fused-ring (bicyclic) bond motifs is 1. The molecular formula is C12H13IN2O2. The average molecular weight is 344 g/mol. The van der Waals surface area contributed by atoms with Crippen LogP contribution in [0.3, 0.4) is 0 Å². The number of ether oxygens (including phenoxy) is 1. The molecular weight excluding hydrogens is 331 g/mol. The van der Waals surface area contributed by atoms with Crippen LogP contribution in [0.15, 0.2) is 29.3 Å². The highest BCUT2D eigenvalue weighted by atomic mass is 127. The Labute approximate surface area is 113 Å². The predicted octanol–water partition coefficient (Wildman–Crippen LogP) is 2.04. The maximum atomic E-state index is 12.1. The van der Waals surface area contributed by atoms with Crippen molar-refractivity contribution in [1.29, 1.82) is 0 Å². The molecule has 0 saturated carbocycles. The monoisotopic (exact) mass is 344 g/mol. The lowest BCUT2D eigenvalue weighted by atomic mass is 10.2. The lowest BCUT2D eigenvalue weighted by Gasteiger charge is -2.06. The molecule has 5 heteroatoms. The molecule has 0 amide bonds. The minimum atomic E-state index is -0.00628. The molecule has 4 nitrogen and oxygen atoms in total. The van der Waals surface area contributed by atoms with Gasteiger partial charge in [0.2, 0.25) is 0 Å². The molecule has 0 aliphatic carbocycles. The van der Waals surface area contributed by atoms with E-state index in [9.17, 15) is 4.79 Å². The molecule has 0 saturated heterocycles. The molecule has 1 heterocycles. The minimum absolute atomic E-state index is 0.00628. The van der Waals surface area contributed by atoms with Gasteiger partial charge < -0.3 is 4.74 Å². The van der Waals surface area contributed by atoms with E-state index in [1.54, 1.807) is 10.9 Å². The smallest absolute Gasteiger partial charge is 0.261 e. The van der Waals surface area contributed by atoms with Crippen molar-refractivity contribution in [1.82, 2.24) is 9.55 Å². The summed E-state index contributed by atoms with van der Waals surface area (Å²) in [6.45, 7) is 3.67. The molecule has 0 aliphatic rings. The number of hydrogen-bond donors (Lipinski definition) is 0. The van der Waals surface area contributed by atoms with Crippen LogP contribution in [0.2, 0.25) is 0 Å². The first kappa shape index (κ1) is 12.5. The highest BCUT2D eigenvalue weighted by Crippen LogP contribution is 2.11. The van der Waals surface area contributed by atoms with Crippen molar-refractivity contribution in [2.75, 3.05) is 13.2 Å². The molecule has 2 rings (SSSR count). The van der Waals surface area contributed by atoms with E-state index in [0.717, 1.165) is 9.09 Å². The minimum Gasteiger partial charge on any atom is -0.380 e. The number of aromatic nitrogens is 2. The third-order valence-electron chi connectivity index (χ3n) is 2.47. The second-order valence-electron chi connectivity index (χ2n) is 3.60. The fraction of sp³-hybridized carbons (Fsp3) is 0.333. The Morgan fingerprint density at radius 3 is 3.06 bits per heavy atom. The van der Waals surface area contributed by atoms with Crippen LogP contribution in [0, 0.1) is 3.57 Å². The molecule has 0 spiro atoms. The van der Waals surface area contributed by atoms with Crippen LogP contribution in [0.25, 0.3) is 10.9 Å². The molecule has 0 radical (unpaired) electrons. The van der Waals surface area contributed by atoms with Crippen LogP contribution in [-0.4, -0.2) is 22.8 Å². The van der Waals surface area contributed by atoms with Gasteiger partial charge in [0.1, 0.15) is 0 Å². The fourth-order valence-electron chi connectivity index (χ4n) is 1.60. The van der Waals surface area contributed by atoms with Crippen molar-refractivity contribution in [3.05, 3.63) is 38.5 Å². The molecule has 0 unspecified atom stereocenters. The largest absolute Gasteiger partial charge is 0.380 e. The van der Waals surface area contributed by atoms with Gasteiger partial charge in [-0.2, -0.15) is 0 Å². The van der Waals surface area contributed by atoms with Gasteiger partial charge >= 0.3 is 0 Å². The zero-order chi connectivity index (χ0) is 12.3. The number of halogens is 1. The van der Waals surface area contributed by atoms with E-state index >= 15 is 0 Å². The molecule has 2 aromatic rings. The average Bonchev–Trinajstić information content (AvgIpc) is 2.33.